The lowest BCUT2D eigenvalue weighted by Crippen LogP contribution is -2.18. The number of hydrogen-bond acceptors (Lipinski definition) is 3. The number of carbonyl (C=O) groups is 1. The fourth-order valence-electron chi connectivity index (χ4n) is 2.41. The van der Waals surface area contributed by atoms with Crippen LogP contribution in [0.15, 0.2) is 11.6 Å². The maximum absolute atomic E-state index is 12.1. The van der Waals surface area contributed by atoms with Gasteiger partial charge in [0.25, 0.3) is 0 Å². The second-order valence-electron chi connectivity index (χ2n) is 4.61. The molecule has 1 aliphatic rings. The molecular formula is C13H19NOS. The molecule has 1 heterocycles. The fourth-order valence-corrected chi connectivity index (χ4v) is 3.04. The molecule has 1 saturated carbocycles. The Balaban J connectivity index is 1.87. The number of carbonyl (C=O) groups excluding carboxylic acids is 1. The smallest absolute Gasteiger partial charge is 0.142 e. The molecule has 1 fully saturated rings. The Hall–Kier alpha value is -0.700. The van der Waals surface area contributed by atoms with Crippen LogP contribution in [0.3, 0.4) is 0 Å². The molecule has 0 amide bonds. The molecule has 1 aliphatic carbocycles. The van der Waals surface area contributed by atoms with E-state index < -0.39 is 0 Å². The lowest BCUT2D eigenvalue weighted by molar-refractivity contribution is -0.122. The summed E-state index contributed by atoms with van der Waals surface area (Å²) in [6.45, 7) is 0. The van der Waals surface area contributed by atoms with Gasteiger partial charge in [0, 0.05) is 17.5 Å². The summed E-state index contributed by atoms with van der Waals surface area (Å²) in [5.41, 5.74) is 0. The van der Waals surface area contributed by atoms with Crippen molar-refractivity contribution in [2.24, 2.45) is 5.92 Å². The van der Waals surface area contributed by atoms with E-state index in [0.29, 0.717) is 18.1 Å². The minimum Gasteiger partial charge on any atom is -0.299 e. The molecule has 16 heavy (non-hydrogen) atoms. The summed E-state index contributed by atoms with van der Waals surface area (Å²) in [6, 6.07) is 0. The highest BCUT2D eigenvalue weighted by molar-refractivity contribution is 7.09. The second-order valence-corrected chi connectivity index (χ2v) is 5.59. The Morgan fingerprint density at radius 3 is 2.56 bits per heavy atom. The van der Waals surface area contributed by atoms with E-state index in [2.05, 4.69) is 4.98 Å². The third-order valence-corrected chi connectivity index (χ3v) is 4.15. The number of Topliss-reactive ketones (excluding diaryl/α,β-unsaturated/α-hetero) is 1. The van der Waals surface area contributed by atoms with Crippen LogP contribution in [0, 0.1) is 5.92 Å². The van der Waals surface area contributed by atoms with Gasteiger partial charge in [-0.25, -0.2) is 4.98 Å². The summed E-state index contributed by atoms with van der Waals surface area (Å²) in [5.74, 6) is 0.723. The van der Waals surface area contributed by atoms with Crippen LogP contribution in [-0.2, 0) is 11.2 Å². The van der Waals surface area contributed by atoms with Crippen LogP contribution in [0.5, 0.6) is 0 Å². The standard InChI is InChI=1S/C13H19NOS/c15-12(10-13-14-8-9-16-13)11-6-4-2-1-3-5-7-11/h8-9,11H,1-7,10H2. The molecule has 88 valence electrons. The third-order valence-electron chi connectivity index (χ3n) is 3.37. The van der Waals surface area contributed by atoms with Gasteiger partial charge in [0.2, 0.25) is 0 Å². The molecule has 1 aromatic rings. The van der Waals surface area contributed by atoms with Gasteiger partial charge in [-0.2, -0.15) is 0 Å². The van der Waals surface area contributed by atoms with Crippen molar-refractivity contribution in [3.05, 3.63) is 16.6 Å². The van der Waals surface area contributed by atoms with E-state index in [1.165, 1.54) is 32.1 Å². The zero-order valence-corrected chi connectivity index (χ0v) is 10.5. The molecule has 0 N–H and O–H groups in total. The first-order valence-electron chi connectivity index (χ1n) is 6.27. The monoisotopic (exact) mass is 237 g/mol. The first-order chi connectivity index (χ1) is 7.86. The first-order valence-corrected chi connectivity index (χ1v) is 7.15. The fraction of sp³-hybridized carbons (Fsp3) is 0.692. The number of aromatic nitrogens is 1. The summed E-state index contributed by atoms with van der Waals surface area (Å²) < 4.78 is 0. The minimum absolute atomic E-state index is 0.309. The Morgan fingerprint density at radius 1 is 1.25 bits per heavy atom. The number of rotatable bonds is 3. The molecule has 2 nitrogen and oxygen atoms in total. The summed E-state index contributed by atoms with van der Waals surface area (Å²) in [5, 5.41) is 2.92. The third kappa shape index (κ3) is 3.41. The van der Waals surface area contributed by atoms with Crippen molar-refractivity contribution in [1.29, 1.82) is 0 Å². The van der Waals surface area contributed by atoms with Crippen LogP contribution in [0.4, 0.5) is 0 Å². The minimum atomic E-state index is 0.309. The molecule has 1 aromatic heterocycles. The van der Waals surface area contributed by atoms with Crippen molar-refractivity contribution < 1.29 is 4.79 Å². The van der Waals surface area contributed by atoms with Crippen molar-refractivity contribution in [1.82, 2.24) is 4.98 Å². The van der Waals surface area contributed by atoms with Crippen LogP contribution in [-0.4, -0.2) is 10.8 Å². The van der Waals surface area contributed by atoms with Gasteiger partial charge in [-0.15, -0.1) is 11.3 Å². The number of ketones is 1. The molecule has 0 aromatic carbocycles. The van der Waals surface area contributed by atoms with Crippen LogP contribution in [0.1, 0.15) is 50.0 Å². The van der Waals surface area contributed by atoms with Crippen molar-refractivity contribution in [2.45, 2.75) is 51.4 Å². The molecule has 0 radical (unpaired) electrons. The van der Waals surface area contributed by atoms with E-state index in [9.17, 15) is 4.79 Å². The average Bonchev–Trinajstić information content (AvgIpc) is 2.69. The van der Waals surface area contributed by atoms with E-state index >= 15 is 0 Å². The Kier molecular flexibility index (Phi) is 4.52. The highest BCUT2D eigenvalue weighted by Crippen LogP contribution is 2.24. The van der Waals surface area contributed by atoms with Crippen molar-refractivity contribution in [2.75, 3.05) is 0 Å². The second kappa shape index (κ2) is 6.14. The number of thiazole rings is 1. The predicted molar refractivity (Wildman–Crippen MR) is 66.6 cm³/mol. The molecular weight excluding hydrogens is 218 g/mol. The van der Waals surface area contributed by atoms with Gasteiger partial charge in [0.1, 0.15) is 5.78 Å². The molecule has 0 spiro atoms. The van der Waals surface area contributed by atoms with Gasteiger partial charge in [0.05, 0.1) is 11.4 Å². The molecule has 0 atom stereocenters. The van der Waals surface area contributed by atoms with Crippen molar-refractivity contribution in [3.8, 4) is 0 Å². The Labute approximate surface area is 101 Å². The number of hydrogen-bond donors (Lipinski definition) is 0. The maximum atomic E-state index is 12.1. The van der Waals surface area contributed by atoms with E-state index in [1.807, 2.05) is 5.38 Å². The topological polar surface area (TPSA) is 30.0 Å². The molecule has 3 heteroatoms. The first kappa shape index (κ1) is 11.8. The van der Waals surface area contributed by atoms with Crippen LogP contribution in [0.25, 0.3) is 0 Å². The summed E-state index contributed by atoms with van der Waals surface area (Å²) >= 11 is 1.59. The van der Waals surface area contributed by atoms with Gasteiger partial charge in [-0.3, -0.25) is 4.79 Å². The van der Waals surface area contributed by atoms with Crippen molar-refractivity contribution >= 4 is 17.1 Å². The summed E-state index contributed by atoms with van der Waals surface area (Å²) in [4.78, 5) is 16.3. The molecule has 0 aliphatic heterocycles. The molecule has 0 bridgehead atoms. The van der Waals surface area contributed by atoms with E-state index in [0.717, 1.165) is 17.8 Å². The highest BCUT2D eigenvalue weighted by atomic mass is 32.1. The summed E-state index contributed by atoms with van der Waals surface area (Å²) in [7, 11) is 0. The quantitative estimate of drug-likeness (QED) is 0.803. The SMILES string of the molecule is O=C(Cc1nccs1)C1CCCCCCC1. The zero-order valence-electron chi connectivity index (χ0n) is 9.65. The van der Waals surface area contributed by atoms with Crippen LogP contribution >= 0.6 is 11.3 Å². The van der Waals surface area contributed by atoms with Gasteiger partial charge in [-0.05, 0) is 12.8 Å². The van der Waals surface area contributed by atoms with Crippen LogP contribution < -0.4 is 0 Å². The molecule has 0 unspecified atom stereocenters. The van der Waals surface area contributed by atoms with E-state index in [-0.39, 0.29) is 0 Å². The lowest BCUT2D eigenvalue weighted by Gasteiger charge is -2.17. The van der Waals surface area contributed by atoms with Gasteiger partial charge in [0.15, 0.2) is 0 Å². The Morgan fingerprint density at radius 2 is 1.94 bits per heavy atom. The largest absolute Gasteiger partial charge is 0.299 e. The number of nitrogens with zero attached hydrogens (tertiary/aromatic N) is 1. The van der Waals surface area contributed by atoms with Gasteiger partial charge in [-0.1, -0.05) is 32.1 Å². The van der Waals surface area contributed by atoms with Gasteiger partial charge < -0.3 is 0 Å². The van der Waals surface area contributed by atoms with Crippen LogP contribution in [0.2, 0.25) is 0 Å². The normalized spacial score (nSPS) is 19.0. The lowest BCUT2D eigenvalue weighted by atomic mass is 9.87. The van der Waals surface area contributed by atoms with Crippen molar-refractivity contribution in [3.63, 3.8) is 0 Å². The molecule has 2 rings (SSSR count). The Bertz CT molecular complexity index is 313. The molecule has 0 saturated heterocycles. The average molecular weight is 237 g/mol. The van der Waals surface area contributed by atoms with E-state index in [4.69, 9.17) is 0 Å². The zero-order chi connectivity index (χ0) is 11.2. The predicted octanol–water partition coefficient (Wildman–Crippen LogP) is 3.62. The summed E-state index contributed by atoms with van der Waals surface area (Å²) in [6.07, 6.45) is 11.0. The maximum Gasteiger partial charge on any atom is 0.142 e. The van der Waals surface area contributed by atoms with Gasteiger partial charge >= 0.3 is 0 Å². The highest BCUT2D eigenvalue weighted by Gasteiger charge is 2.19. The van der Waals surface area contributed by atoms with E-state index in [1.54, 1.807) is 17.5 Å².